The van der Waals surface area contributed by atoms with Crippen LogP contribution >= 0.6 is 0 Å². The summed E-state index contributed by atoms with van der Waals surface area (Å²) < 4.78 is 0. The van der Waals surface area contributed by atoms with Gasteiger partial charge in [-0.05, 0) is 30.2 Å². The summed E-state index contributed by atoms with van der Waals surface area (Å²) in [5.74, 6) is 0.000859. The maximum absolute atomic E-state index is 11.8. The van der Waals surface area contributed by atoms with Crippen LogP contribution in [0, 0.1) is 0 Å². The summed E-state index contributed by atoms with van der Waals surface area (Å²) in [6, 6.07) is 18.0. The molecule has 118 valence electrons. The SMILES string of the molecule is C=CCN(C(C)=O)c1cccc(C(C)=NCc2ccccc2)c1. The van der Waals surface area contributed by atoms with Gasteiger partial charge in [0.2, 0.25) is 5.91 Å². The molecule has 0 saturated carbocycles. The predicted octanol–water partition coefficient (Wildman–Crippen LogP) is 4.23. The van der Waals surface area contributed by atoms with Crippen molar-refractivity contribution in [2.45, 2.75) is 20.4 Å². The van der Waals surface area contributed by atoms with Crippen LogP contribution in [-0.2, 0) is 11.3 Å². The number of anilines is 1. The number of amides is 1. The Kier molecular flexibility index (Phi) is 5.87. The average molecular weight is 306 g/mol. The van der Waals surface area contributed by atoms with Crippen LogP contribution in [0.4, 0.5) is 5.69 Å². The lowest BCUT2D eigenvalue weighted by molar-refractivity contribution is -0.116. The Morgan fingerprint density at radius 3 is 2.52 bits per heavy atom. The maximum atomic E-state index is 11.8. The van der Waals surface area contributed by atoms with Gasteiger partial charge in [0.15, 0.2) is 0 Å². The second kappa shape index (κ2) is 8.08. The molecule has 2 rings (SSSR count). The quantitative estimate of drug-likeness (QED) is 0.580. The molecule has 0 radical (unpaired) electrons. The van der Waals surface area contributed by atoms with Crippen LogP contribution in [0.25, 0.3) is 0 Å². The Bertz CT molecular complexity index is 705. The Labute approximate surface area is 138 Å². The number of hydrogen-bond donors (Lipinski definition) is 0. The molecule has 0 heterocycles. The van der Waals surface area contributed by atoms with Crippen LogP contribution in [0.2, 0.25) is 0 Å². The summed E-state index contributed by atoms with van der Waals surface area (Å²) in [7, 11) is 0. The number of aliphatic imine (C=N–C) groups is 1. The second-order valence-electron chi connectivity index (χ2n) is 5.36. The van der Waals surface area contributed by atoms with Gasteiger partial charge in [0.25, 0.3) is 0 Å². The summed E-state index contributed by atoms with van der Waals surface area (Å²) >= 11 is 0. The molecule has 0 fully saturated rings. The molecule has 3 heteroatoms. The summed E-state index contributed by atoms with van der Waals surface area (Å²) in [6.45, 7) is 8.42. The molecule has 0 unspecified atom stereocenters. The van der Waals surface area contributed by atoms with Crippen LogP contribution in [0.3, 0.4) is 0 Å². The van der Waals surface area contributed by atoms with Crippen molar-refractivity contribution in [1.29, 1.82) is 0 Å². The van der Waals surface area contributed by atoms with E-state index in [9.17, 15) is 4.79 Å². The molecule has 2 aromatic carbocycles. The van der Waals surface area contributed by atoms with E-state index < -0.39 is 0 Å². The van der Waals surface area contributed by atoms with E-state index in [1.54, 1.807) is 17.9 Å². The molecule has 0 aliphatic heterocycles. The fourth-order valence-electron chi connectivity index (χ4n) is 2.33. The number of nitrogens with zero attached hydrogens (tertiary/aromatic N) is 2. The van der Waals surface area contributed by atoms with Crippen LogP contribution in [0.1, 0.15) is 25.0 Å². The van der Waals surface area contributed by atoms with E-state index in [1.165, 1.54) is 5.56 Å². The summed E-state index contributed by atoms with van der Waals surface area (Å²) in [4.78, 5) is 18.1. The van der Waals surface area contributed by atoms with Crippen molar-refractivity contribution >= 4 is 17.3 Å². The highest BCUT2D eigenvalue weighted by Crippen LogP contribution is 2.17. The van der Waals surface area contributed by atoms with Crippen molar-refractivity contribution in [3.8, 4) is 0 Å². The molecule has 0 aliphatic rings. The minimum atomic E-state index is 0.000859. The van der Waals surface area contributed by atoms with E-state index in [0.29, 0.717) is 13.1 Å². The Morgan fingerprint density at radius 1 is 1.13 bits per heavy atom. The van der Waals surface area contributed by atoms with Crippen LogP contribution in [-0.4, -0.2) is 18.2 Å². The largest absolute Gasteiger partial charge is 0.309 e. The molecule has 0 aliphatic carbocycles. The molecule has 0 saturated heterocycles. The van der Waals surface area contributed by atoms with Gasteiger partial charge < -0.3 is 4.90 Å². The third-order valence-electron chi connectivity index (χ3n) is 3.61. The minimum absolute atomic E-state index is 0.000859. The van der Waals surface area contributed by atoms with Gasteiger partial charge in [0, 0.05) is 24.9 Å². The summed E-state index contributed by atoms with van der Waals surface area (Å²) in [5, 5.41) is 0. The predicted molar refractivity (Wildman–Crippen MR) is 97.0 cm³/mol. The smallest absolute Gasteiger partial charge is 0.224 e. The van der Waals surface area contributed by atoms with Crippen LogP contribution < -0.4 is 4.90 Å². The van der Waals surface area contributed by atoms with Crippen molar-refractivity contribution in [1.82, 2.24) is 0 Å². The molecule has 0 atom stereocenters. The van der Waals surface area contributed by atoms with E-state index in [0.717, 1.165) is 17.0 Å². The van der Waals surface area contributed by atoms with Crippen molar-refractivity contribution in [3.63, 3.8) is 0 Å². The van der Waals surface area contributed by atoms with E-state index >= 15 is 0 Å². The molecule has 0 aromatic heterocycles. The number of rotatable bonds is 6. The summed E-state index contributed by atoms with van der Waals surface area (Å²) in [6.07, 6.45) is 1.73. The number of carbonyl (C=O) groups excluding carboxylic acids is 1. The molecule has 0 bridgehead atoms. The van der Waals surface area contributed by atoms with Crippen molar-refractivity contribution in [3.05, 3.63) is 78.4 Å². The highest BCUT2D eigenvalue weighted by Gasteiger charge is 2.10. The van der Waals surface area contributed by atoms with E-state index in [4.69, 9.17) is 0 Å². The fraction of sp³-hybridized carbons (Fsp3) is 0.200. The third-order valence-corrected chi connectivity index (χ3v) is 3.61. The van der Waals surface area contributed by atoms with Crippen molar-refractivity contribution in [2.24, 2.45) is 4.99 Å². The third kappa shape index (κ3) is 4.65. The molecule has 23 heavy (non-hydrogen) atoms. The van der Waals surface area contributed by atoms with E-state index in [-0.39, 0.29) is 5.91 Å². The molecule has 0 spiro atoms. The second-order valence-corrected chi connectivity index (χ2v) is 5.36. The highest BCUT2D eigenvalue weighted by atomic mass is 16.2. The average Bonchev–Trinajstić information content (AvgIpc) is 2.58. The standard InChI is InChI=1S/C20H22N2O/c1-4-13-22(17(3)23)20-12-8-11-19(14-20)16(2)21-15-18-9-6-5-7-10-18/h4-12,14H,1,13,15H2,2-3H3. The molecular formula is C20H22N2O. The first kappa shape index (κ1) is 16.7. The Balaban J connectivity index is 2.21. The van der Waals surface area contributed by atoms with Gasteiger partial charge in [-0.2, -0.15) is 0 Å². The van der Waals surface area contributed by atoms with Crippen molar-refractivity contribution in [2.75, 3.05) is 11.4 Å². The Hall–Kier alpha value is -2.68. The zero-order chi connectivity index (χ0) is 16.7. The lowest BCUT2D eigenvalue weighted by Gasteiger charge is -2.20. The molecule has 0 N–H and O–H groups in total. The molecule has 1 amide bonds. The number of carbonyl (C=O) groups is 1. The van der Waals surface area contributed by atoms with Gasteiger partial charge in [-0.3, -0.25) is 9.79 Å². The highest BCUT2D eigenvalue weighted by molar-refractivity contribution is 6.00. The maximum Gasteiger partial charge on any atom is 0.224 e. The monoisotopic (exact) mass is 306 g/mol. The fourth-order valence-corrected chi connectivity index (χ4v) is 2.33. The van der Waals surface area contributed by atoms with Gasteiger partial charge in [-0.25, -0.2) is 0 Å². The van der Waals surface area contributed by atoms with Crippen LogP contribution in [0.5, 0.6) is 0 Å². The first-order valence-electron chi connectivity index (χ1n) is 7.66. The zero-order valence-electron chi connectivity index (χ0n) is 13.7. The zero-order valence-corrected chi connectivity index (χ0v) is 13.7. The van der Waals surface area contributed by atoms with E-state index in [1.807, 2.05) is 49.4 Å². The van der Waals surface area contributed by atoms with Crippen LogP contribution in [0.15, 0.2) is 72.2 Å². The summed E-state index contributed by atoms with van der Waals surface area (Å²) in [5.41, 5.74) is 4.02. The number of benzene rings is 2. The normalized spacial score (nSPS) is 11.1. The van der Waals surface area contributed by atoms with Gasteiger partial charge >= 0.3 is 0 Å². The minimum Gasteiger partial charge on any atom is -0.309 e. The number of hydrogen-bond acceptors (Lipinski definition) is 2. The lowest BCUT2D eigenvalue weighted by Crippen LogP contribution is -2.28. The van der Waals surface area contributed by atoms with Gasteiger partial charge in [-0.15, -0.1) is 6.58 Å². The first-order chi connectivity index (χ1) is 11.1. The Morgan fingerprint density at radius 2 is 1.87 bits per heavy atom. The topological polar surface area (TPSA) is 32.7 Å². The van der Waals surface area contributed by atoms with Gasteiger partial charge in [-0.1, -0.05) is 48.5 Å². The molecule has 3 nitrogen and oxygen atoms in total. The van der Waals surface area contributed by atoms with Crippen molar-refractivity contribution < 1.29 is 4.79 Å². The molecular weight excluding hydrogens is 284 g/mol. The van der Waals surface area contributed by atoms with Gasteiger partial charge in [0.1, 0.15) is 0 Å². The lowest BCUT2D eigenvalue weighted by atomic mass is 10.1. The first-order valence-corrected chi connectivity index (χ1v) is 7.66. The van der Waals surface area contributed by atoms with Gasteiger partial charge in [0.05, 0.1) is 6.54 Å². The molecule has 2 aromatic rings. The van der Waals surface area contributed by atoms with E-state index in [2.05, 4.69) is 23.7 Å².